The van der Waals surface area contributed by atoms with Crippen molar-refractivity contribution in [2.45, 2.75) is 91.1 Å². The predicted molar refractivity (Wildman–Crippen MR) is 105 cm³/mol. The van der Waals surface area contributed by atoms with Crippen LogP contribution in [0, 0.1) is 46.3 Å². The average Bonchev–Trinajstić information content (AvgIpc) is 3.00. The van der Waals surface area contributed by atoms with Crippen LogP contribution in [0.1, 0.15) is 85.0 Å². The van der Waals surface area contributed by atoms with Gasteiger partial charge in [0.25, 0.3) is 0 Å². The van der Waals surface area contributed by atoms with E-state index in [0.29, 0.717) is 48.2 Å². The first-order valence-electron chi connectivity index (χ1n) is 11.6. The van der Waals surface area contributed by atoms with E-state index in [1.54, 1.807) is 0 Å². The summed E-state index contributed by atoms with van der Waals surface area (Å²) in [4.78, 5) is 24.5. The molecule has 0 bridgehead atoms. The molecule has 0 aromatic rings. The Morgan fingerprint density at radius 3 is 2.59 bits per heavy atom. The standard InChI is InChI=1S/C24H38O4.Na/c1-14(4-9-22(27)28)18-7-8-19-17-6-5-15-12-16(25)10-11-23(15,2)20(17)13-21(26)24(18,19)3;/h14-20,25H,4-13H2,1-3H3,(H,27,28);/q;+1/p-1/t14-,15-,16-,17+,18-,19+,20+,23+,24-;/m1./s1. The van der Waals surface area contributed by atoms with Crippen molar-refractivity contribution < 1.29 is 49.4 Å². The van der Waals surface area contributed by atoms with Crippen LogP contribution in [0.2, 0.25) is 0 Å². The summed E-state index contributed by atoms with van der Waals surface area (Å²) < 4.78 is 0. The second-order valence-electron chi connectivity index (χ2n) is 11.1. The van der Waals surface area contributed by atoms with Gasteiger partial charge in [-0.15, -0.1) is 0 Å². The molecule has 4 aliphatic rings. The number of aliphatic hydroxyl groups is 1. The van der Waals surface area contributed by atoms with Crippen molar-refractivity contribution in [2.24, 2.45) is 46.3 Å². The summed E-state index contributed by atoms with van der Waals surface area (Å²) >= 11 is 0. The number of carbonyl (C=O) groups is 2. The van der Waals surface area contributed by atoms with Gasteiger partial charge < -0.3 is 15.0 Å². The van der Waals surface area contributed by atoms with Gasteiger partial charge in [0.15, 0.2) is 0 Å². The average molecular weight is 413 g/mol. The Balaban J connectivity index is 0.00000240. The maximum absolute atomic E-state index is 13.6. The number of hydrogen-bond donors (Lipinski definition) is 1. The molecule has 1 N–H and O–H groups in total. The van der Waals surface area contributed by atoms with E-state index in [2.05, 4.69) is 20.8 Å². The molecule has 0 aromatic carbocycles. The van der Waals surface area contributed by atoms with Gasteiger partial charge in [0.05, 0.1) is 6.10 Å². The van der Waals surface area contributed by atoms with Gasteiger partial charge >= 0.3 is 29.6 Å². The number of carboxylic acid groups (broad SMARTS) is 1. The van der Waals surface area contributed by atoms with Gasteiger partial charge in [0, 0.05) is 17.8 Å². The van der Waals surface area contributed by atoms with Gasteiger partial charge in [-0.3, -0.25) is 4.79 Å². The SMILES string of the molecule is C[C@H](CCC(=O)[O-])[C@H]1CC[C@H]2[C@@H]3CC[C@@H]4C[C@H](O)CC[C@]4(C)[C@H]3CC(=O)[C@]12C.[Na+]. The Labute approximate surface area is 197 Å². The summed E-state index contributed by atoms with van der Waals surface area (Å²) in [6.07, 6.45) is 8.69. The normalized spacial score (nSPS) is 47.4. The van der Waals surface area contributed by atoms with Gasteiger partial charge in [0.1, 0.15) is 5.78 Å². The Kier molecular flexibility index (Phi) is 7.01. The number of rotatable bonds is 4. The third-order valence-corrected chi connectivity index (χ3v) is 10.1. The molecule has 0 aromatic heterocycles. The maximum Gasteiger partial charge on any atom is 1.00 e. The number of Topliss-reactive ketones (excluding diaryl/α,β-unsaturated/α-hetero) is 1. The van der Waals surface area contributed by atoms with Crippen molar-refractivity contribution in [3.05, 3.63) is 0 Å². The molecule has 0 amide bonds. The van der Waals surface area contributed by atoms with Crippen molar-refractivity contribution in [1.29, 1.82) is 0 Å². The predicted octanol–water partition coefficient (Wildman–Crippen LogP) is 0.355. The number of fused-ring (bicyclic) bond motifs is 5. The van der Waals surface area contributed by atoms with E-state index in [1.807, 2.05) is 0 Å². The molecular formula is C24H37NaO4. The third-order valence-electron chi connectivity index (χ3n) is 10.1. The molecule has 0 aliphatic heterocycles. The van der Waals surface area contributed by atoms with Crippen LogP contribution in [0.5, 0.6) is 0 Å². The van der Waals surface area contributed by atoms with Crippen LogP contribution < -0.4 is 34.7 Å². The Bertz CT molecular complexity index is 651. The van der Waals surface area contributed by atoms with Crippen LogP contribution in [0.4, 0.5) is 0 Å². The first-order chi connectivity index (χ1) is 13.2. The van der Waals surface area contributed by atoms with Gasteiger partial charge in [-0.1, -0.05) is 20.8 Å². The molecule has 29 heavy (non-hydrogen) atoms. The Morgan fingerprint density at radius 2 is 1.90 bits per heavy atom. The fraction of sp³-hybridized carbons (Fsp3) is 0.917. The number of ketones is 1. The molecule has 9 atom stereocenters. The molecular weight excluding hydrogens is 375 g/mol. The molecule has 4 aliphatic carbocycles. The summed E-state index contributed by atoms with van der Waals surface area (Å²) in [7, 11) is 0. The van der Waals surface area contributed by atoms with Gasteiger partial charge in [-0.2, -0.15) is 0 Å². The summed E-state index contributed by atoms with van der Waals surface area (Å²) in [5.74, 6) is 2.14. The Hall–Kier alpha value is 0.1000. The fourth-order valence-corrected chi connectivity index (χ4v) is 8.43. The first-order valence-corrected chi connectivity index (χ1v) is 11.6. The molecule has 0 spiro atoms. The fourth-order valence-electron chi connectivity index (χ4n) is 8.43. The van der Waals surface area contributed by atoms with E-state index in [0.717, 1.165) is 32.1 Å². The van der Waals surface area contributed by atoms with E-state index in [-0.39, 0.29) is 58.8 Å². The molecule has 0 unspecified atom stereocenters. The minimum Gasteiger partial charge on any atom is -0.550 e. The number of aliphatic hydroxyl groups excluding tert-OH is 1. The number of aliphatic carboxylic acids is 1. The molecule has 158 valence electrons. The summed E-state index contributed by atoms with van der Waals surface area (Å²) in [5, 5.41) is 21.1. The summed E-state index contributed by atoms with van der Waals surface area (Å²) in [5.41, 5.74) is -0.0677. The molecule has 4 nitrogen and oxygen atoms in total. The summed E-state index contributed by atoms with van der Waals surface area (Å²) in [6, 6.07) is 0. The van der Waals surface area contributed by atoms with Crippen molar-refractivity contribution in [3.8, 4) is 0 Å². The zero-order valence-corrected chi connectivity index (χ0v) is 20.8. The second-order valence-corrected chi connectivity index (χ2v) is 11.1. The number of carboxylic acids is 1. The van der Waals surface area contributed by atoms with Crippen LogP contribution in [0.3, 0.4) is 0 Å². The molecule has 0 heterocycles. The van der Waals surface area contributed by atoms with Crippen molar-refractivity contribution >= 4 is 11.8 Å². The van der Waals surface area contributed by atoms with Crippen LogP contribution in [-0.4, -0.2) is 23.0 Å². The molecule has 0 radical (unpaired) electrons. The smallest absolute Gasteiger partial charge is 0.550 e. The van der Waals surface area contributed by atoms with Gasteiger partial charge in [0.2, 0.25) is 0 Å². The van der Waals surface area contributed by atoms with Crippen molar-refractivity contribution in [2.75, 3.05) is 0 Å². The zero-order chi connectivity index (χ0) is 20.3. The molecule has 4 fully saturated rings. The number of hydrogen-bond acceptors (Lipinski definition) is 4. The van der Waals surface area contributed by atoms with Crippen LogP contribution in [-0.2, 0) is 9.59 Å². The summed E-state index contributed by atoms with van der Waals surface area (Å²) in [6.45, 7) is 6.76. The molecule has 4 rings (SSSR count). The monoisotopic (exact) mass is 412 g/mol. The van der Waals surface area contributed by atoms with E-state index in [4.69, 9.17) is 0 Å². The van der Waals surface area contributed by atoms with E-state index >= 15 is 0 Å². The zero-order valence-electron chi connectivity index (χ0n) is 18.8. The van der Waals surface area contributed by atoms with Crippen molar-refractivity contribution in [1.82, 2.24) is 0 Å². The molecule has 0 saturated heterocycles. The largest absolute Gasteiger partial charge is 1.00 e. The molecule has 4 saturated carbocycles. The van der Waals surface area contributed by atoms with Gasteiger partial charge in [-0.25, -0.2) is 0 Å². The van der Waals surface area contributed by atoms with Crippen LogP contribution in [0.15, 0.2) is 0 Å². The Morgan fingerprint density at radius 1 is 1.17 bits per heavy atom. The van der Waals surface area contributed by atoms with E-state index < -0.39 is 5.97 Å². The van der Waals surface area contributed by atoms with Gasteiger partial charge in [-0.05, 0) is 98.7 Å². The van der Waals surface area contributed by atoms with E-state index in [9.17, 15) is 19.8 Å². The van der Waals surface area contributed by atoms with E-state index in [1.165, 1.54) is 12.8 Å². The maximum atomic E-state index is 13.6. The molecule has 5 heteroatoms. The topological polar surface area (TPSA) is 77.4 Å². The second kappa shape index (κ2) is 8.56. The van der Waals surface area contributed by atoms with Crippen LogP contribution in [0.25, 0.3) is 0 Å². The quantitative estimate of drug-likeness (QED) is 0.677. The minimum atomic E-state index is -0.979. The third kappa shape index (κ3) is 3.79. The number of carbonyl (C=O) groups excluding carboxylic acids is 2. The minimum absolute atomic E-state index is 0. The first kappa shape index (κ1) is 23.8. The van der Waals surface area contributed by atoms with Crippen LogP contribution >= 0.6 is 0 Å². The van der Waals surface area contributed by atoms with Crippen molar-refractivity contribution in [3.63, 3.8) is 0 Å².